The monoisotopic (exact) mass is 680 g/mol. The predicted molar refractivity (Wildman–Crippen MR) is 226 cm³/mol. The first-order valence-electron chi connectivity index (χ1n) is 18.4. The van der Waals surface area contributed by atoms with Crippen molar-refractivity contribution < 1.29 is 0 Å². The molecule has 0 bridgehead atoms. The summed E-state index contributed by atoms with van der Waals surface area (Å²) in [6, 6.07) is 68.4. The Morgan fingerprint density at radius 3 is 1.74 bits per heavy atom. The van der Waals surface area contributed by atoms with Crippen LogP contribution in [-0.2, 0) is 0 Å². The number of hydrogen-bond donors (Lipinski definition) is 0. The molecule has 2 heteroatoms. The Bertz CT molecular complexity index is 2740. The van der Waals surface area contributed by atoms with Crippen LogP contribution in [0.4, 0.5) is 17.1 Å². The van der Waals surface area contributed by atoms with Crippen LogP contribution in [-0.4, -0.2) is 4.57 Å². The van der Waals surface area contributed by atoms with Gasteiger partial charge in [0.1, 0.15) is 0 Å². The second kappa shape index (κ2) is 13.5. The standard InChI is InChI=1S/C51H40N2/c1-35-28-29-41(34-37(35)3)44-23-14-16-36(2)51(44)53-47-25-13-11-22-45(47)50-48(26-15-27-49(50)53)52(42-32-30-39(31-33-42)38-17-6-4-7-18-38)46-24-12-10-21-43(46)40-19-8-5-9-20-40/h4-34H,1-3H3. The Morgan fingerprint density at radius 1 is 0.377 bits per heavy atom. The summed E-state index contributed by atoms with van der Waals surface area (Å²) in [6.07, 6.45) is 0. The first kappa shape index (κ1) is 32.3. The lowest BCUT2D eigenvalue weighted by Crippen LogP contribution is -2.11. The quantitative estimate of drug-likeness (QED) is 0.163. The van der Waals surface area contributed by atoms with E-state index in [0.717, 1.165) is 17.1 Å². The normalized spacial score (nSPS) is 11.3. The average Bonchev–Trinajstić information content (AvgIpc) is 3.55. The maximum atomic E-state index is 2.49. The highest BCUT2D eigenvalue weighted by atomic mass is 15.2. The Labute approximate surface area is 311 Å². The first-order valence-corrected chi connectivity index (χ1v) is 18.4. The van der Waals surface area contributed by atoms with Gasteiger partial charge in [-0.15, -0.1) is 0 Å². The van der Waals surface area contributed by atoms with Gasteiger partial charge in [0.05, 0.1) is 28.1 Å². The molecule has 0 saturated heterocycles. The number of anilines is 3. The van der Waals surface area contributed by atoms with E-state index in [0.29, 0.717) is 0 Å². The summed E-state index contributed by atoms with van der Waals surface area (Å²) < 4.78 is 2.49. The molecular formula is C51H40N2. The smallest absolute Gasteiger partial charge is 0.0569 e. The zero-order chi connectivity index (χ0) is 35.9. The minimum Gasteiger partial charge on any atom is -0.309 e. The van der Waals surface area contributed by atoms with Crippen molar-refractivity contribution in [2.75, 3.05) is 4.90 Å². The highest BCUT2D eigenvalue weighted by Crippen LogP contribution is 2.47. The molecule has 0 radical (unpaired) electrons. The van der Waals surface area contributed by atoms with Crippen molar-refractivity contribution in [2.45, 2.75) is 20.8 Å². The van der Waals surface area contributed by atoms with Crippen LogP contribution in [0.5, 0.6) is 0 Å². The molecule has 0 aliphatic carbocycles. The van der Waals surface area contributed by atoms with Gasteiger partial charge in [-0.1, -0.05) is 152 Å². The molecule has 0 N–H and O–H groups in total. The molecule has 9 aromatic rings. The maximum absolute atomic E-state index is 2.49. The molecule has 0 saturated carbocycles. The zero-order valence-corrected chi connectivity index (χ0v) is 30.3. The third-order valence-electron chi connectivity index (χ3n) is 10.7. The van der Waals surface area contributed by atoms with E-state index in [4.69, 9.17) is 0 Å². The van der Waals surface area contributed by atoms with Crippen molar-refractivity contribution in [3.8, 4) is 39.1 Å². The second-order valence-corrected chi connectivity index (χ2v) is 13.9. The van der Waals surface area contributed by atoms with E-state index in [1.165, 1.54) is 77.6 Å². The fourth-order valence-corrected chi connectivity index (χ4v) is 7.90. The van der Waals surface area contributed by atoms with Gasteiger partial charge >= 0.3 is 0 Å². The molecule has 8 aromatic carbocycles. The van der Waals surface area contributed by atoms with Gasteiger partial charge in [0.25, 0.3) is 0 Å². The van der Waals surface area contributed by atoms with Gasteiger partial charge in [-0.05, 0) is 96.1 Å². The molecule has 0 unspecified atom stereocenters. The van der Waals surface area contributed by atoms with Crippen LogP contribution < -0.4 is 4.90 Å². The van der Waals surface area contributed by atoms with Crippen LogP contribution in [0.3, 0.4) is 0 Å². The van der Waals surface area contributed by atoms with Crippen LogP contribution in [0.15, 0.2) is 188 Å². The predicted octanol–water partition coefficient (Wildman–Crippen LogP) is 14.2. The fraction of sp³-hybridized carbons (Fsp3) is 0.0588. The lowest BCUT2D eigenvalue weighted by Gasteiger charge is -2.29. The molecule has 53 heavy (non-hydrogen) atoms. The topological polar surface area (TPSA) is 8.17 Å². The highest BCUT2D eigenvalue weighted by molar-refractivity contribution is 6.17. The molecule has 0 aliphatic heterocycles. The summed E-state index contributed by atoms with van der Waals surface area (Å²) in [5, 5.41) is 2.43. The third kappa shape index (κ3) is 5.70. The van der Waals surface area contributed by atoms with E-state index in [1.54, 1.807) is 0 Å². The lowest BCUT2D eigenvalue weighted by atomic mass is 9.97. The Balaban J connectivity index is 1.34. The summed E-state index contributed by atoms with van der Waals surface area (Å²) in [5.74, 6) is 0. The van der Waals surface area contributed by atoms with Gasteiger partial charge in [0, 0.05) is 27.6 Å². The average molecular weight is 681 g/mol. The van der Waals surface area contributed by atoms with Crippen LogP contribution in [0.2, 0.25) is 0 Å². The Morgan fingerprint density at radius 2 is 0.962 bits per heavy atom. The van der Waals surface area contributed by atoms with E-state index < -0.39 is 0 Å². The fourth-order valence-electron chi connectivity index (χ4n) is 7.90. The zero-order valence-electron chi connectivity index (χ0n) is 30.3. The summed E-state index contributed by atoms with van der Waals surface area (Å²) in [6.45, 7) is 6.62. The Kier molecular flexibility index (Phi) is 8.21. The molecule has 9 rings (SSSR count). The number of rotatable bonds is 7. The SMILES string of the molecule is Cc1ccc(-c2cccc(C)c2-n2c3ccccc3c3c(N(c4ccc(-c5ccccc5)cc4)c4ccccc4-c4ccccc4)cccc32)cc1C. The summed E-state index contributed by atoms with van der Waals surface area (Å²) in [7, 11) is 0. The minimum absolute atomic E-state index is 1.10. The molecule has 2 nitrogen and oxygen atoms in total. The molecule has 0 atom stereocenters. The van der Waals surface area contributed by atoms with E-state index in [1.807, 2.05) is 0 Å². The molecule has 0 spiro atoms. The largest absolute Gasteiger partial charge is 0.309 e. The van der Waals surface area contributed by atoms with Crippen LogP contribution in [0, 0.1) is 20.8 Å². The van der Waals surface area contributed by atoms with E-state index >= 15 is 0 Å². The van der Waals surface area contributed by atoms with Crippen molar-refractivity contribution in [2.24, 2.45) is 0 Å². The van der Waals surface area contributed by atoms with E-state index in [2.05, 4.69) is 218 Å². The number of aryl methyl sites for hydroxylation is 3. The van der Waals surface area contributed by atoms with Gasteiger partial charge in [-0.3, -0.25) is 0 Å². The van der Waals surface area contributed by atoms with Crippen LogP contribution in [0.25, 0.3) is 60.9 Å². The molecule has 0 fully saturated rings. The molecule has 1 aromatic heterocycles. The van der Waals surface area contributed by atoms with Gasteiger partial charge < -0.3 is 9.47 Å². The second-order valence-electron chi connectivity index (χ2n) is 13.9. The van der Waals surface area contributed by atoms with Crippen molar-refractivity contribution in [3.63, 3.8) is 0 Å². The number of benzene rings is 8. The lowest BCUT2D eigenvalue weighted by molar-refractivity contribution is 1.15. The third-order valence-corrected chi connectivity index (χ3v) is 10.7. The van der Waals surface area contributed by atoms with Crippen LogP contribution in [0.1, 0.15) is 16.7 Å². The number of hydrogen-bond acceptors (Lipinski definition) is 1. The Hall–Kier alpha value is -6.64. The molecule has 0 amide bonds. The number of aromatic nitrogens is 1. The molecular weight excluding hydrogens is 641 g/mol. The van der Waals surface area contributed by atoms with Crippen molar-refractivity contribution in [1.29, 1.82) is 0 Å². The number of fused-ring (bicyclic) bond motifs is 3. The maximum Gasteiger partial charge on any atom is 0.0569 e. The van der Waals surface area contributed by atoms with Gasteiger partial charge in [-0.25, -0.2) is 0 Å². The number of para-hydroxylation sites is 3. The van der Waals surface area contributed by atoms with Crippen LogP contribution >= 0.6 is 0 Å². The highest BCUT2D eigenvalue weighted by Gasteiger charge is 2.24. The first-order chi connectivity index (χ1) is 26.1. The van der Waals surface area contributed by atoms with Gasteiger partial charge in [0.15, 0.2) is 0 Å². The summed E-state index contributed by atoms with van der Waals surface area (Å²) in [5.41, 5.74) is 18.0. The van der Waals surface area contributed by atoms with Crippen molar-refractivity contribution >= 4 is 38.9 Å². The molecule has 1 heterocycles. The van der Waals surface area contributed by atoms with E-state index in [9.17, 15) is 0 Å². The van der Waals surface area contributed by atoms with Gasteiger partial charge in [-0.2, -0.15) is 0 Å². The van der Waals surface area contributed by atoms with Gasteiger partial charge in [0.2, 0.25) is 0 Å². The van der Waals surface area contributed by atoms with Crippen molar-refractivity contribution in [1.82, 2.24) is 4.57 Å². The number of nitrogens with zero attached hydrogens (tertiary/aromatic N) is 2. The van der Waals surface area contributed by atoms with E-state index in [-0.39, 0.29) is 0 Å². The van der Waals surface area contributed by atoms with Crippen molar-refractivity contribution in [3.05, 3.63) is 205 Å². The minimum atomic E-state index is 1.10. The summed E-state index contributed by atoms with van der Waals surface area (Å²) >= 11 is 0. The molecule has 254 valence electrons. The molecule has 0 aliphatic rings. The summed E-state index contributed by atoms with van der Waals surface area (Å²) in [4.78, 5) is 2.46.